The lowest BCUT2D eigenvalue weighted by Crippen LogP contribution is -2.56. The quantitative estimate of drug-likeness (QED) is 0.812. The third-order valence-electron chi connectivity index (χ3n) is 3.33. The Morgan fingerprint density at radius 3 is 2.18 bits per heavy atom. The minimum absolute atomic E-state index is 0.0277. The second kappa shape index (κ2) is 3.79. The van der Waals surface area contributed by atoms with Gasteiger partial charge in [-0.1, -0.05) is 20.8 Å². The van der Waals surface area contributed by atoms with Crippen LogP contribution in [-0.4, -0.2) is 19.8 Å². The van der Waals surface area contributed by atoms with Crippen molar-refractivity contribution in [3.05, 3.63) is 21.9 Å². The fourth-order valence-corrected chi connectivity index (χ4v) is 3.16. The third kappa shape index (κ3) is 1.83. The van der Waals surface area contributed by atoms with E-state index in [1.165, 1.54) is 4.88 Å². The molecule has 3 saturated heterocycles. The summed E-state index contributed by atoms with van der Waals surface area (Å²) in [7, 11) is 0. The second-order valence-electron chi connectivity index (χ2n) is 5.59. The van der Waals surface area contributed by atoms with Crippen molar-refractivity contribution < 1.29 is 14.2 Å². The van der Waals surface area contributed by atoms with E-state index in [0.29, 0.717) is 25.7 Å². The van der Waals surface area contributed by atoms with Crippen LogP contribution in [0.2, 0.25) is 0 Å². The second-order valence-corrected chi connectivity index (χ2v) is 6.70. The molecule has 4 rings (SSSR count). The maximum atomic E-state index is 5.81. The van der Waals surface area contributed by atoms with Gasteiger partial charge in [0, 0.05) is 10.3 Å². The Labute approximate surface area is 106 Å². The first-order valence-corrected chi connectivity index (χ1v) is 6.87. The SMILES string of the molecule is CC(C)c1ccc(C23OCC(C)(CO2)CO3)s1. The summed E-state index contributed by atoms with van der Waals surface area (Å²) in [5.41, 5.74) is 0.0277. The minimum Gasteiger partial charge on any atom is -0.322 e. The van der Waals surface area contributed by atoms with Crippen molar-refractivity contribution in [3.8, 4) is 0 Å². The van der Waals surface area contributed by atoms with Crippen LogP contribution in [0.5, 0.6) is 0 Å². The molecule has 4 heteroatoms. The molecule has 3 aliphatic heterocycles. The highest BCUT2D eigenvalue weighted by atomic mass is 32.1. The summed E-state index contributed by atoms with van der Waals surface area (Å²) in [4.78, 5) is 2.37. The van der Waals surface area contributed by atoms with E-state index < -0.39 is 5.97 Å². The topological polar surface area (TPSA) is 27.7 Å². The molecule has 3 aliphatic rings. The van der Waals surface area contributed by atoms with E-state index in [1.807, 2.05) is 0 Å². The van der Waals surface area contributed by atoms with Gasteiger partial charge in [-0.3, -0.25) is 0 Å². The predicted molar refractivity (Wildman–Crippen MR) is 66.0 cm³/mol. The zero-order valence-electron chi connectivity index (χ0n) is 10.5. The lowest BCUT2D eigenvalue weighted by atomic mass is 9.92. The highest BCUT2D eigenvalue weighted by molar-refractivity contribution is 7.12. The maximum absolute atomic E-state index is 5.81. The molecule has 0 amide bonds. The van der Waals surface area contributed by atoms with Gasteiger partial charge < -0.3 is 14.2 Å². The van der Waals surface area contributed by atoms with Gasteiger partial charge in [0.25, 0.3) is 0 Å². The summed E-state index contributed by atoms with van der Waals surface area (Å²) in [6.45, 7) is 8.64. The van der Waals surface area contributed by atoms with Crippen LogP contribution in [0.15, 0.2) is 12.1 Å². The van der Waals surface area contributed by atoms with Crippen LogP contribution in [0.4, 0.5) is 0 Å². The molecule has 94 valence electrons. The number of fused-ring (bicyclic) bond motifs is 3. The van der Waals surface area contributed by atoms with Gasteiger partial charge >= 0.3 is 5.97 Å². The Kier molecular flexibility index (Phi) is 2.60. The van der Waals surface area contributed by atoms with Gasteiger partial charge in [0.05, 0.1) is 24.7 Å². The molecule has 2 bridgehead atoms. The van der Waals surface area contributed by atoms with Crippen molar-refractivity contribution in [2.24, 2.45) is 5.41 Å². The first-order valence-electron chi connectivity index (χ1n) is 6.05. The molecule has 0 spiro atoms. The average molecular weight is 254 g/mol. The number of rotatable bonds is 2. The lowest BCUT2D eigenvalue weighted by Gasteiger charge is -2.49. The molecule has 0 aliphatic carbocycles. The molecule has 3 nitrogen and oxygen atoms in total. The number of hydrogen-bond donors (Lipinski definition) is 0. The van der Waals surface area contributed by atoms with Gasteiger partial charge in [-0.15, -0.1) is 11.3 Å². The van der Waals surface area contributed by atoms with E-state index in [9.17, 15) is 0 Å². The molecule has 0 saturated carbocycles. The number of hydrogen-bond acceptors (Lipinski definition) is 4. The smallest absolute Gasteiger partial charge is 0.321 e. The van der Waals surface area contributed by atoms with Crippen LogP contribution in [0.1, 0.15) is 36.4 Å². The van der Waals surface area contributed by atoms with Gasteiger partial charge in [0.2, 0.25) is 0 Å². The summed E-state index contributed by atoms with van der Waals surface area (Å²) >= 11 is 1.72. The first kappa shape index (κ1) is 11.7. The Bertz CT molecular complexity index is 400. The molecule has 17 heavy (non-hydrogen) atoms. The normalized spacial score (nSPS) is 36.7. The molecule has 0 atom stereocenters. The summed E-state index contributed by atoms with van der Waals surface area (Å²) in [5, 5.41) is 0. The molecule has 0 radical (unpaired) electrons. The maximum Gasteiger partial charge on any atom is 0.321 e. The molecular formula is C13H18O3S. The Balaban J connectivity index is 1.88. The highest BCUT2D eigenvalue weighted by Gasteiger charge is 2.52. The summed E-state index contributed by atoms with van der Waals surface area (Å²) in [5.74, 6) is -0.391. The van der Waals surface area contributed by atoms with E-state index in [-0.39, 0.29) is 5.41 Å². The van der Waals surface area contributed by atoms with E-state index in [2.05, 4.69) is 32.9 Å². The highest BCUT2D eigenvalue weighted by Crippen LogP contribution is 2.46. The Hall–Kier alpha value is -0.420. The predicted octanol–water partition coefficient (Wildman–Crippen LogP) is 3.07. The van der Waals surface area contributed by atoms with Crippen molar-refractivity contribution in [3.63, 3.8) is 0 Å². The minimum atomic E-state index is -0.921. The fourth-order valence-electron chi connectivity index (χ4n) is 2.10. The third-order valence-corrected chi connectivity index (χ3v) is 4.78. The van der Waals surface area contributed by atoms with E-state index in [0.717, 1.165) is 4.88 Å². The molecule has 0 aromatic carbocycles. The summed E-state index contributed by atoms with van der Waals surface area (Å²) in [6, 6.07) is 4.20. The summed E-state index contributed by atoms with van der Waals surface area (Å²) in [6.07, 6.45) is 0. The van der Waals surface area contributed by atoms with Crippen molar-refractivity contribution in [1.82, 2.24) is 0 Å². The van der Waals surface area contributed by atoms with Gasteiger partial charge in [0.15, 0.2) is 0 Å². The van der Waals surface area contributed by atoms with Crippen molar-refractivity contribution >= 4 is 11.3 Å². The lowest BCUT2D eigenvalue weighted by molar-refractivity contribution is -0.476. The van der Waals surface area contributed by atoms with Gasteiger partial charge in [-0.25, -0.2) is 0 Å². The molecule has 3 fully saturated rings. The average Bonchev–Trinajstić information content (AvgIpc) is 2.80. The molecule has 1 aromatic heterocycles. The largest absolute Gasteiger partial charge is 0.322 e. The van der Waals surface area contributed by atoms with Gasteiger partial charge in [-0.2, -0.15) is 0 Å². The van der Waals surface area contributed by atoms with Crippen LogP contribution in [0.25, 0.3) is 0 Å². The van der Waals surface area contributed by atoms with E-state index >= 15 is 0 Å². The number of thiophene rings is 1. The van der Waals surface area contributed by atoms with Crippen molar-refractivity contribution in [2.45, 2.75) is 32.7 Å². The summed E-state index contributed by atoms with van der Waals surface area (Å²) < 4.78 is 17.4. The van der Waals surface area contributed by atoms with Crippen molar-refractivity contribution in [1.29, 1.82) is 0 Å². The molecule has 4 heterocycles. The van der Waals surface area contributed by atoms with E-state index in [4.69, 9.17) is 14.2 Å². The first-order chi connectivity index (χ1) is 8.03. The zero-order valence-corrected chi connectivity index (χ0v) is 11.3. The molecule has 0 N–H and O–H groups in total. The van der Waals surface area contributed by atoms with Crippen LogP contribution in [0, 0.1) is 5.41 Å². The van der Waals surface area contributed by atoms with Crippen LogP contribution >= 0.6 is 11.3 Å². The van der Waals surface area contributed by atoms with E-state index in [1.54, 1.807) is 11.3 Å². The Morgan fingerprint density at radius 2 is 1.71 bits per heavy atom. The van der Waals surface area contributed by atoms with Gasteiger partial charge in [-0.05, 0) is 18.1 Å². The van der Waals surface area contributed by atoms with Crippen LogP contribution in [-0.2, 0) is 20.2 Å². The monoisotopic (exact) mass is 254 g/mol. The van der Waals surface area contributed by atoms with Gasteiger partial charge in [0.1, 0.15) is 0 Å². The fraction of sp³-hybridized carbons (Fsp3) is 0.692. The molecule has 1 aromatic rings. The van der Waals surface area contributed by atoms with Crippen LogP contribution in [0.3, 0.4) is 0 Å². The molecule has 0 unspecified atom stereocenters. The zero-order chi connectivity index (χ0) is 12.1. The Morgan fingerprint density at radius 1 is 1.12 bits per heavy atom. The number of ether oxygens (including phenoxy) is 3. The standard InChI is InChI=1S/C13H18O3S/c1-9(2)10-4-5-11(17-10)13-14-6-12(3,7-15-13)8-16-13/h4-5,9H,6-8H2,1-3H3. The van der Waals surface area contributed by atoms with Crippen LogP contribution < -0.4 is 0 Å². The molecular weight excluding hydrogens is 236 g/mol. The van der Waals surface area contributed by atoms with Crippen molar-refractivity contribution in [2.75, 3.05) is 19.8 Å².